The van der Waals surface area contributed by atoms with Gasteiger partial charge in [0.2, 0.25) is 5.91 Å². The molecule has 3 amide bonds. The van der Waals surface area contributed by atoms with Crippen molar-refractivity contribution in [2.75, 3.05) is 10.6 Å². The van der Waals surface area contributed by atoms with Crippen LogP contribution in [0.25, 0.3) is 0 Å². The third-order valence-electron chi connectivity index (χ3n) is 2.72. The second-order valence-corrected chi connectivity index (χ2v) is 5.28. The zero-order valence-corrected chi connectivity index (χ0v) is 12.9. The molecule has 6 nitrogen and oxygen atoms in total. The lowest BCUT2D eigenvalue weighted by Crippen LogP contribution is -2.29. The molecule has 0 saturated carbocycles. The molecule has 0 fully saturated rings. The molecule has 0 aliphatic carbocycles. The van der Waals surface area contributed by atoms with E-state index < -0.39 is 17.7 Å². The summed E-state index contributed by atoms with van der Waals surface area (Å²) >= 11 is 3.27. The zero-order valence-electron chi connectivity index (χ0n) is 11.3. The van der Waals surface area contributed by atoms with Crippen LogP contribution >= 0.6 is 15.9 Å². The minimum absolute atomic E-state index is 0.316. The van der Waals surface area contributed by atoms with Crippen LogP contribution < -0.4 is 16.4 Å². The van der Waals surface area contributed by atoms with Crippen molar-refractivity contribution in [2.45, 2.75) is 0 Å². The van der Waals surface area contributed by atoms with Crippen LogP contribution in [0.2, 0.25) is 0 Å². The number of carbonyl (C=O) groups excluding carboxylic acids is 3. The summed E-state index contributed by atoms with van der Waals surface area (Å²) in [6.07, 6.45) is 0. The van der Waals surface area contributed by atoms with E-state index in [1.165, 1.54) is 24.3 Å². The Morgan fingerprint density at radius 3 is 2.00 bits per heavy atom. The molecule has 0 heterocycles. The second kappa shape index (κ2) is 6.86. The molecular weight excluding hydrogens is 350 g/mol. The Hall–Kier alpha value is -2.67. The van der Waals surface area contributed by atoms with Crippen LogP contribution in [0.1, 0.15) is 10.4 Å². The standard InChI is InChI=1S/C15H12BrN3O3/c16-10-2-1-3-12(8-10)19-15(22)14(21)18-11-6-4-9(5-7-11)13(17)20/h1-8H,(H2,17,20)(H,18,21)(H,19,22). The molecule has 2 rings (SSSR count). The first-order valence-corrected chi connectivity index (χ1v) is 7.03. The number of rotatable bonds is 3. The Morgan fingerprint density at radius 1 is 0.864 bits per heavy atom. The predicted molar refractivity (Wildman–Crippen MR) is 86.4 cm³/mol. The third kappa shape index (κ3) is 4.16. The van der Waals surface area contributed by atoms with E-state index in [1.54, 1.807) is 24.3 Å². The summed E-state index contributed by atoms with van der Waals surface area (Å²) in [5, 5.41) is 4.91. The van der Waals surface area contributed by atoms with Crippen molar-refractivity contribution in [2.24, 2.45) is 5.73 Å². The molecule has 0 aliphatic heterocycles. The average molecular weight is 362 g/mol. The first-order chi connectivity index (χ1) is 10.5. The van der Waals surface area contributed by atoms with Gasteiger partial charge in [-0.05, 0) is 42.5 Å². The Labute approximate surface area is 134 Å². The van der Waals surface area contributed by atoms with Crippen molar-refractivity contribution >= 4 is 45.0 Å². The maximum Gasteiger partial charge on any atom is 0.314 e. The van der Waals surface area contributed by atoms with Gasteiger partial charge in [-0.25, -0.2) is 0 Å². The Morgan fingerprint density at radius 2 is 1.45 bits per heavy atom. The number of halogens is 1. The van der Waals surface area contributed by atoms with E-state index in [0.717, 1.165) is 4.47 Å². The molecule has 7 heteroatoms. The van der Waals surface area contributed by atoms with Crippen LogP contribution in [-0.2, 0) is 9.59 Å². The smallest absolute Gasteiger partial charge is 0.314 e. The molecule has 0 atom stereocenters. The highest BCUT2D eigenvalue weighted by molar-refractivity contribution is 9.10. The van der Waals surface area contributed by atoms with Gasteiger partial charge in [0, 0.05) is 21.4 Å². The molecule has 0 bridgehead atoms. The van der Waals surface area contributed by atoms with E-state index in [-0.39, 0.29) is 0 Å². The Bertz CT molecular complexity index is 729. The largest absolute Gasteiger partial charge is 0.366 e. The summed E-state index contributed by atoms with van der Waals surface area (Å²) in [6, 6.07) is 12.8. The summed E-state index contributed by atoms with van der Waals surface area (Å²) in [5.74, 6) is -2.17. The van der Waals surface area contributed by atoms with Gasteiger partial charge in [-0.1, -0.05) is 22.0 Å². The number of benzene rings is 2. The van der Waals surface area contributed by atoms with Gasteiger partial charge in [0.1, 0.15) is 0 Å². The van der Waals surface area contributed by atoms with E-state index in [1.807, 2.05) is 0 Å². The number of carbonyl (C=O) groups is 3. The van der Waals surface area contributed by atoms with Gasteiger partial charge in [-0.3, -0.25) is 14.4 Å². The number of nitrogens with one attached hydrogen (secondary N) is 2. The molecule has 2 aromatic rings. The molecule has 112 valence electrons. The minimum Gasteiger partial charge on any atom is -0.366 e. The Balaban J connectivity index is 1.99. The van der Waals surface area contributed by atoms with E-state index in [0.29, 0.717) is 16.9 Å². The average Bonchev–Trinajstić information content (AvgIpc) is 2.47. The number of hydrogen-bond donors (Lipinski definition) is 3. The fraction of sp³-hybridized carbons (Fsp3) is 0. The van der Waals surface area contributed by atoms with Crippen LogP contribution in [0.4, 0.5) is 11.4 Å². The summed E-state index contributed by atoms with van der Waals surface area (Å²) in [6.45, 7) is 0. The lowest BCUT2D eigenvalue weighted by molar-refractivity contribution is -0.132. The molecule has 4 N–H and O–H groups in total. The van der Waals surface area contributed by atoms with Crippen LogP contribution in [0.5, 0.6) is 0 Å². The second-order valence-electron chi connectivity index (χ2n) is 4.36. The molecule has 0 saturated heterocycles. The topological polar surface area (TPSA) is 101 Å². The zero-order chi connectivity index (χ0) is 16.1. The summed E-state index contributed by atoms with van der Waals surface area (Å²) in [7, 11) is 0. The van der Waals surface area contributed by atoms with Crippen LogP contribution in [-0.4, -0.2) is 17.7 Å². The van der Waals surface area contributed by atoms with Crippen molar-refractivity contribution in [3.8, 4) is 0 Å². The van der Waals surface area contributed by atoms with Gasteiger partial charge < -0.3 is 16.4 Å². The van der Waals surface area contributed by atoms with Crippen molar-refractivity contribution < 1.29 is 14.4 Å². The molecule has 0 aliphatic rings. The van der Waals surface area contributed by atoms with Gasteiger partial charge in [-0.15, -0.1) is 0 Å². The Kier molecular flexibility index (Phi) is 4.90. The van der Waals surface area contributed by atoms with Gasteiger partial charge >= 0.3 is 11.8 Å². The van der Waals surface area contributed by atoms with E-state index in [9.17, 15) is 14.4 Å². The van der Waals surface area contributed by atoms with Gasteiger partial charge in [0.05, 0.1) is 0 Å². The molecular formula is C15H12BrN3O3. The minimum atomic E-state index is -0.813. The SMILES string of the molecule is NC(=O)c1ccc(NC(=O)C(=O)Nc2cccc(Br)c2)cc1. The number of anilines is 2. The number of nitrogens with two attached hydrogens (primary N) is 1. The maximum atomic E-state index is 11.8. The van der Waals surface area contributed by atoms with Crippen molar-refractivity contribution in [1.29, 1.82) is 0 Å². The van der Waals surface area contributed by atoms with E-state index in [2.05, 4.69) is 26.6 Å². The van der Waals surface area contributed by atoms with Gasteiger partial charge in [-0.2, -0.15) is 0 Å². The number of hydrogen-bond acceptors (Lipinski definition) is 3. The molecule has 0 aromatic heterocycles. The quantitative estimate of drug-likeness (QED) is 0.729. The summed E-state index contributed by atoms with van der Waals surface area (Å²) in [4.78, 5) is 34.5. The lowest BCUT2D eigenvalue weighted by Gasteiger charge is -2.07. The van der Waals surface area contributed by atoms with E-state index in [4.69, 9.17) is 5.73 Å². The fourth-order valence-corrected chi connectivity index (χ4v) is 2.06. The van der Waals surface area contributed by atoms with Crippen LogP contribution in [0.3, 0.4) is 0 Å². The fourth-order valence-electron chi connectivity index (χ4n) is 1.66. The normalized spacial score (nSPS) is 9.86. The lowest BCUT2D eigenvalue weighted by atomic mass is 10.2. The van der Waals surface area contributed by atoms with E-state index >= 15 is 0 Å². The van der Waals surface area contributed by atoms with Crippen molar-refractivity contribution in [1.82, 2.24) is 0 Å². The highest BCUT2D eigenvalue weighted by Gasteiger charge is 2.14. The van der Waals surface area contributed by atoms with Crippen LogP contribution in [0.15, 0.2) is 53.0 Å². The molecule has 22 heavy (non-hydrogen) atoms. The number of amides is 3. The highest BCUT2D eigenvalue weighted by atomic mass is 79.9. The first-order valence-electron chi connectivity index (χ1n) is 6.23. The first kappa shape index (κ1) is 15.7. The van der Waals surface area contributed by atoms with Gasteiger partial charge in [0.25, 0.3) is 0 Å². The van der Waals surface area contributed by atoms with Gasteiger partial charge in [0.15, 0.2) is 0 Å². The van der Waals surface area contributed by atoms with Crippen molar-refractivity contribution in [3.05, 3.63) is 58.6 Å². The summed E-state index contributed by atoms with van der Waals surface area (Å²) in [5.41, 5.74) is 6.32. The molecule has 0 spiro atoms. The monoisotopic (exact) mass is 361 g/mol. The molecule has 2 aromatic carbocycles. The third-order valence-corrected chi connectivity index (χ3v) is 3.21. The number of primary amides is 1. The predicted octanol–water partition coefficient (Wildman–Crippen LogP) is 2.13. The highest BCUT2D eigenvalue weighted by Crippen LogP contribution is 2.15. The van der Waals surface area contributed by atoms with Crippen molar-refractivity contribution in [3.63, 3.8) is 0 Å². The summed E-state index contributed by atoms with van der Waals surface area (Å²) < 4.78 is 0.785. The van der Waals surface area contributed by atoms with Crippen LogP contribution in [0, 0.1) is 0 Å². The molecule has 0 unspecified atom stereocenters. The molecule has 0 radical (unpaired) electrons. The maximum absolute atomic E-state index is 11.8.